The van der Waals surface area contributed by atoms with E-state index in [1.54, 1.807) is 22.8 Å². The van der Waals surface area contributed by atoms with Crippen molar-refractivity contribution in [2.45, 2.75) is 44.4 Å². The number of nitro benzene ring substituents is 1. The molecule has 10 nitrogen and oxygen atoms in total. The number of benzene rings is 1. The zero-order valence-corrected chi connectivity index (χ0v) is 21.2. The van der Waals surface area contributed by atoms with E-state index in [9.17, 15) is 18.9 Å². The van der Waals surface area contributed by atoms with E-state index in [-0.39, 0.29) is 43.4 Å². The Labute approximate surface area is 222 Å². The Morgan fingerprint density at radius 3 is 2.31 bits per heavy atom. The van der Waals surface area contributed by atoms with Crippen molar-refractivity contribution in [1.29, 1.82) is 0 Å². The Morgan fingerprint density at radius 1 is 0.872 bits per heavy atom. The van der Waals surface area contributed by atoms with Gasteiger partial charge in [0.15, 0.2) is 0 Å². The van der Waals surface area contributed by atoms with Gasteiger partial charge < -0.3 is 14.2 Å². The van der Waals surface area contributed by atoms with Crippen LogP contribution in [-0.4, -0.2) is 56.8 Å². The predicted octanol–water partition coefficient (Wildman–Crippen LogP) is 5.58. The van der Waals surface area contributed by atoms with Gasteiger partial charge in [0.2, 0.25) is 11.8 Å². The topological polar surface area (TPSA) is 106 Å². The molecule has 3 aliphatic rings. The van der Waals surface area contributed by atoms with Crippen molar-refractivity contribution in [2.24, 2.45) is 5.41 Å². The molecule has 2 saturated heterocycles. The van der Waals surface area contributed by atoms with Crippen LogP contribution >= 0.6 is 0 Å². The molecular formula is C27H27F2N7O3. The lowest BCUT2D eigenvalue weighted by atomic mass is 9.93. The van der Waals surface area contributed by atoms with Crippen LogP contribution in [0.3, 0.4) is 0 Å². The van der Waals surface area contributed by atoms with Crippen LogP contribution in [0.25, 0.3) is 28.4 Å². The number of pyridine rings is 1. The highest BCUT2D eigenvalue weighted by molar-refractivity contribution is 5.77. The molecule has 12 heteroatoms. The third-order valence-electron chi connectivity index (χ3n) is 8.51. The Hall–Kier alpha value is -4.09. The molecule has 3 aromatic heterocycles. The number of piperidine rings is 2. The molecule has 202 valence electrons. The number of nitro groups is 1. The monoisotopic (exact) mass is 535 g/mol. The number of fused-ring (bicyclic) bond motifs is 1. The molecule has 4 aromatic rings. The normalized spacial score (nSPS) is 20.1. The smallest absolute Gasteiger partial charge is 0.271 e. The fraction of sp³-hybridized carbons (Fsp3) is 0.444. The molecule has 1 spiro atoms. The standard InChI is InChI=1S/C27H27F2N7O3/c28-27(29)8-13-34(14-9-27)23-16-18(15-19-3-10-30-35(19)23)24-31-32-25(39-24)21-2-1-20(36(37)38)17-22(21)33-11-6-26(4-5-26)7-12-33/h1-3,10,15-17H,4-9,11-14H2. The number of rotatable bonds is 5. The molecule has 0 unspecified atom stereocenters. The summed E-state index contributed by atoms with van der Waals surface area (Å²) in [4.78, 5) is 15.2. The van der Waals surface area contributed by atoms with Gasteiger partial charge in [0.1, 0.15) is 5.82 Å². The fourth-order valence-electron chi connectivity index (χ4n) is 5.85. The fourth-order valence-corrected chi connectivity index (χ4v) is 5.85. The van der Waals surface area contributed by atoms with Gasteiger partial charge in [-0.15, -0.1) is 10.2 Å². The Balaban J connectivity index is 1.24. The molecule has 39 heavy (non-hydrogen) atoms. The van der Waals surface area contributed by atoms with Crippen molar-refractivity contribution >= 4 is 22.7 Å². The van der Waals surface area contributed by atoms with E-state index in [1.165, 1.54) is 18.9 Å². The van der Waals surface area contributed by atoms with Crippen LogP contribution in [0.5, 0.6) is 0 Å². The zero-order chi connectivity index (χ0) is 26.8. The van der Waals surface area contributed by atoms with Crippen molar-refractivity contribution in [2.75, 3.05) is 36.0 Å². The molecule has 0 bridgehead atoms. The molecule has 0 amide bonds. The number of nitrogens with zero attached hydrogens (tertiary/aromatic N) is 7. The Morgan fingerprint density at radius 2 is 1.59 bits per heavy atom. The second-order valence-corrected chi connectivity index (χ2v) is 11.0. The number of anilines is 2. The summed E-state index contributed by atoms with van der Waals surface area (Å²) < 4.78 is 35.5. The van der Waals surface area contributed by atoms with E-state index in [0.29, 0.717) is 22.4 Å². The minimum Gasteiger partial charge on any atom is -0.416 e. The number of aromatic nitrogens is 4. The molecule has 5 heterocycles. The second-order valence-electron chi connectivity index (χ2n) is 11.0. The van der Waals surface area contributed by atoms with E-state index in [1.807, 2.05) is 23.1 Å². The van der Waals surface area contributed by atoms with Crippen molar-refractivity contribution in [3.63, 3.8) is 0 Å². The minimum atomic E-state index is -2.66. The Kier molecular flexibility index (Phi) is 5.36. The van der Waals surface area contributed by atoms with Crippen molar-refractivity contribution in [1.82, 2.24) is 19.8 Å². The van der Waals surface area contributed by atoms with Gasteiger partial charge in [-0.05, 0) is 55.4 Å². The van der Waals surface area contributed by atoms with E-state index in [4.69, 9.17) is 4.42 Å². The highest BCUT2D eigenvalue weighted by atomic mass is 19.3. The number of alkyl halides is 2. The van der Waals surface area contributed by atoms with E-state index in [2.05, 4.69) is 20.2 Å². The van der Waals surface area contributed by atoms with Gasteiger partial charge in [-0.25, -0.2) is 13.3 Å². The van der Waals surface area contributed by atoms with Crippen molar-refractivity contribution in [3.8, 4) is 22.9 Å². The SMILES string of the molecule is O=[N+]([O-])c1ccc(-c2nnc(-c3cc(N4CCC(F)(F)CC4)n4nccc4c3)o2)c(N2CCC3(CC2)CC3)c1. The summed E-state index contributed by atoms with van der Waals surface area (Å²) in [6.07, 6.45) is 5.89. The summed E-state index contributed by atoms with van der Waals surface area (Å²) in [6, 6.07) is 10.2. The maximum atomic E-state index is 13.8. The first-order valence-corrected chi connectivity index (χ1v) is 13.3. The van der Waals surface area contributed by atoms with Crippen LogP contribution in [0.4, 0.5) is 26.0 Å². The van der Waals surface area contributed by atoms with Gasteiger partial charge in [0, 0.05) is 56.7 Å². The van der Waals surface area contributed by atoms with Crippen LogP contribution in [0.2, 0.25) is 0 Å². The number of hydrogen-bond donors (Lipinski definition) is 0. The summed E-state index contributed by atoms with van der Waals surface area (Å²) in [6.45, 7) is 2.07. The first-order valence-electron chi connectivity index (χ1n) is 13.3. The van der Waals surface area contributed by atoms with E-state index < -0.39 is 10.8 Å². The van der Waals surface area contributed by atoms with Gasteiger partial charge in [0.25, 0.3) is 11.6 Å². The maximum absolute atomic E-state index is 13.8. The highest BCUT2D eigenvalue weighted by Crippen LogP contribution is 2.54. The molecule has 0 radical (unpaired) electrons. The third kappa shape index (κ3) is 4.37. The lowest BCUT2D eigenvalue weighted by Crippen LogP contribution is -2.40. The van der Waals surface area contributed by atoms with E-state index >= 15 is 0 Å². The molecule has 1 aromatic carbocycles. The molecule has 3 fully saturated rings. The number of halogens is 2. The van der Waals surface area contributed by atoms with Gasteiger partial charge in [0.05, 0.1) is 27.9 Å². The summed E-state index contributed by atoms with van der Waals surface area (Å²) in [7, 11) is 0. The molecule has 0 atom stereocenters. The van der Waals surface area contributed by atoms with E-state index in [0.717, 1.165) is 37.1 Å². The Bertz CT molecular complexity index is 1560. The number of hydrogen-bond acceptors (Lipinski definition) is 8. The van der Waals surface area contributed by atoms with Crippen LogP contribution < -0.4 is 9.80 Å². The zero-order valence-electron chi connectivity index (χ0n) is 21.2. The van der Waals surface area contributed by atoms with Crippen LogP contribution in [0.1, 0.15) is 38.5 Å². The summed E-state index contributed by atoms with van der Waals surface area (Å²) in [5.41, 5.74) is 3.27. The summed E-state index contributed by atoms with van der Waals surface area (Å²) in [5.74, 6) is -1.43. The first kappa shape index (κ1) is 24.0. The average Bonchev–Trinajstić information content (AvgIpc) is 3.30. The highest BCUT2D eigenvalue weighted by Gasteiger charge is 2.44. The van der Waals surface area contributed by atoms with Crippen LogP contribution in [0, 0.1) is 15.5 Å². The van der Waals surface area contributed by atoms with Crippen LogP contribution in [-0.2, 0) is 0 Å². The lowest BCUT2D eigenvalue weighted by Gasteiger charge is -2.34. The summed E-state index contributed by atoms with van der Waals surface area (Å²) in [5, 5.41) is 24.5. The minimum absolute atomic E-state index is 0.0168. The molecule has 1 aliphatic carbocycles. The first-order chi connectivity index (χ1) is 18.8. The molecule has 1 saturated carbocycles. The number of non-ortho nitro benzene ring substituents is 1. The quantitative estimate of drug-likeness (QED) is 0.241. The van der Waals surface area contributed by atoms with Gasteiger partial charge in [-0.3, -0.25) is 10.1 Å². The molecule has 2 aliphatic heterocycles. The van der Waals surface area contributed by atoms with Gasteiger partial charge in [-0.1, -0.05) is 0 Å². The molecule has 0 N–H and O–H groups in total. The third-order valence-corrected chi connectivity index (χ3v) is 8.51. The second kappa shape index (κ2) is 8.72. The lowest BCUT2D eigenvalue weighted by molar-refractivity contribution is -0.384. The van der Waals surface area contributed by atoms with Crippen LogP contribution in [0.15, 0.2) is 47.0 Å². The predicted molar refractivity (Wildman–Crippen MR) is 140 cm³/mol. The average molecular weight is 536 g/mol. The molecule has 7 rings (SSSR count). The largest absolute Gasteiger partial charge is 0.416 e. The van der Waals surface area contributed by atoms with Crippen molar-refractivity contribution in [3.05, 3.63) is 52.7 Å². The summed E-state index contributed by atoms with van der Waals surface area (Å²) >= 11 is 0. The molecular weight excluding hydrogens is 508 g/mol. The van der Waals surface area contributed by atoms with Gasteiger partial charge in [-0.2, -0.15) is 5.10 Å². The van der Waals surface area contributed by atoms with Crippen molar-refractivity contribution < 1.29 is 18.1 Å². The maximum Gasteiger partial charge on any atom is 0.271 e. The van der Waals surface area contributed by atoms with Gasteiger partial charge >= 0.3 is 0 Å².